The van der Waals surface area contributed by atoms with Crippen LogP contribution in [0.2, 0.25) is 10.0 Å². The summed E-state index contributed by atoms with van der Waals surface area (Å²) in [5.74, 6) is 0.445. The van der Waals surface area contributed by atoms with Crippen LogP contribution in [0.25, 0.3) is 22.6 Å². The standard InChI is InChI=1S/C14H10Cl2N2O/c1-7-3-2-4-9(12(7)17)14-18-11-6-8(15)5-10(16)13(11)19-14/h2-6H,17H2,1H3. The third-order valence-electron chi connectivity index (χ3n) is 2.96. The normalized spacial score (nSPS) is 11.1. The molecule has 0 saturated carbocycles. The Labute approximate surface area is 119 Å². The van der Waals surface area contributed by atoms with Gasteiger partial charge in [0.25, 0.3) is 0 Å². The van der Waals surface area contributed by atoms with Gasteiger partial charge in [-0.05, 0) is 30.7 Å². The lowest BCUT2D eigenvalue weighted by Gasteiger charge is -2.03. The zero-order chi connectivity index (χ0) is 13.6. The van der Waals surface area contributed by atoms with Crippen molar-refractivity contribution in [2.45, 2.75) is 6.92 Å². The lowest BCUT2D eigenvalue weighted by Crippen LogP contribution is -1.93. The number of nitrogens with zero attached hydrogens (tertiary/aromatic N) is 1. The Balaban J connectivity index is 2.26. The van der Waals surface area contributed by atoms with Crippen molar-refractivity contribution in [3.05, 3.63) is 45.9 Å². The number of aryl methyl sites for hydroxylation is 1. The van der Waals surface area contributed by atoms with Gasteiger partial charge in [0.2, 0.25) is 5.89 Å². The van der Waals surface area contributed by atoms with Gasteiger partial charge in [0, 0.05) is 10.7 Å². The Bertz CT molecular complexity index is 780. The fourth-order valence-electron chi connectivity index (χ4n) is 1.94. The van der Waals surface area contributed by atoms with Crippen molar-refractivity contribution in [2.75, 3.05) is 5.73 Å². The van der Waals surface area contributed by atoms with Crippen molar-refractivity contribution in [3.8, 4) is 11.5 Å². The van der Waals surface area contributed by atoms with Crippen molar-refractivity contribution in [2.24, 2.45) is 0 Å². The van der Waals surface area contributed by atoms with Crippen LogP contribution in [-0.2, 0) is 0 Å². The van der Waals surface area contributed by atoms with Gasteiger partial charge in [0.1, 0.15) is 5.52 Å². The van der Waals surface area contributed by atoms with Crippen LogP contribution in [-0.4, -0.2) is 4.98 Å². The lowest BCUT2D eigenvalue weighted by atomic mass is 10.1. The number of para-hydroxylation sites is 1. The summed E-state index contributed by atoms with van der Waals surface area (Å²) in [6.45, 7) is 1.94. The maximum Gasteiger partial charge on any atom is 0.229 e. The maximum absolute atomic E-state index is 6.08. The highest BCUT2D eigenvalue weighted by molar-refractivity contribution is 6.38. The highest BCUT2D eigenvalue weighted by Crippen LogP contribution is 2.34. The van der Waals surface area contributed by atoms with Crippen LogP contribution in [0.4, 0.5) is 5.69 Å². The van der Waals surface area contributed by atoms with E-state index in [1.807, 2.05) is 25.1 Å². The monoisotopic (exact) mass is 292 g/mol. The van der Waals surface area contributed by atoms with Gasteiger partial charge in [-0.25, -0.2) is 4.98 Å². The fraction of sp³-hybridized carbons (Fsp3) is 0.0714. The molecule has 3 nitrogen and oxygen atoms in total. The van der Waals surface area contributed by atoms with Crippen LogP contribution >= 0.6 is 23.2 Å². The number of halogens is 2. The summed E-state index contributed by atoms with van der Waals surface area (Å²) in [7, 11) is 0. The molecule has 1 aromatic heterocycles. The SMILES string of the molecule is Cc1cccc(-c2nc3cc(Cl)cc(Cl)c3o2)c1N. The molecule has 1 heterocycles. The molecule has 3 rings (SSSR count). The van der Waals surface area contributed by atoms with Crippen LogP contribution < -0.4 is 5.73 Å². The molecule has 0 aliphatic heterocycles. The van der Waals surface area contributed by atoms with E-state index < -0.39 is 0 Å². The molecule has 0 aliphatic rings. The second kappa shape index (κ2) is 4.44. The smallest absolute Gasteiger partial charge is 0.229 e. The average molecular weight is 293 g/mol. The summed E-state index contributed by atoms with van der Waals surface area (Å²) >= 11 is 12.0. The molecule has 0 spiro atoms. The second-order valence-corrected chi connectivity index (χ2v) is 5.13. The maximum atomic E-state index is 6.08. The molecule has 0 atom stereocenters. The van der Waals surface area contributed by atoms with Crippen LogP contribution in [0.3, 0.4) is 0 Å². The van der Waals surface area contributed by atoms with E-state index in [-0.39, 0.29) is 0 Å². The molecule has 0 amide bonds. The van der Waals surface area contributed by atoms with E-state index in [0.29, 0.717) is 32.7 Å². The number of benzene rings is 2. The average Bonchev–Trinajstić information content (AvgIpc) is 2.76. The van der Waals surface area contributed by atoms with Gasteiger partial charge in [0.05, 0.1) is 10.6 Å². The van der Waals surface area contributed by atoms with Gasteiger partial charge in [-0.1, -0.05) is 35.3 Å². The molecule has 0 radical (unpaired) electrons. The molecule has 0 unspecified atom stereocenters. The van der Waals surface area contributed by atoms with E-state index in [1.54, 1.807) is 12.1 Å². The van der Waals surface area contributed by atoms with Gasteiger partial charge in [-0.15, -0.1) is 0 Å². The van der Waals surface area contributed by atoms with E-state index in [1.165, 1.54) is 0 Å². The summed E-state index contributed by atoms with van der Waals surface area (Å²) < 4.78 is 5.69. The summed E-state index contributed by atoms with van der Waals surface area (Å²) in [5, 5.41) is 0.960. The minimum atomic E-state index is 0.437. The predicted molar refractivity (Wildman–Crippen MR) is 78.6 cm³/mol. The van der Waals surface area contributed by atoms with Gasteiger partial charge in [-0.2, -0.15) is 0 Å². The predicted octanol–water partition coefficient (Wildman–Crippen LogP) is 4.69. The highest BCUT2D eigenvalue weighted by atomic mass is 35.5. The molecule has 3 aromatic rings. The number of nitrogen functional groups attached to an aromatic ring is 1. The number of aromatic nitrogens is 1. The minimum absolute atomic E-state index is 0.437. The minimum Gasteiger partial charge on any atom is -0.434 e. The van der Waals surface area contributed by atoms with Crippen molar-refractivity contribution in [1.29, 1.82) is 0 Å². The summed E-state index contributed by atoms with van der Waals surface area (Å²) in [5.41, 5.74) is 9.56. The van der Waals surface area contributed by atoms with E-state index in [4.69, 9.17) is 33.4 Å². The zero-order valence-electron chi connectivity index (χ0n) is 10.1. The van der Waals surface area contributed by atoms with Gasteiger partial charge in [-0.3, -0.25) is 0 Å². The van der Waals surface area contributed by atoms with Gasteiger partial charge >= 0.3 is 0 Å². The first-order valence-electron chi connectivity index (χ1n) is 5.67. The Morgan fingerprint density at radius 3 is 2.79 bits per heavy atom. The molecule has 0 saturated heterocycles. The Kier molecular flexibility index (Phi) is 2.88. The van der Waals surface area contributed by atoms with Crippen LogP contribution in [0.15, 0.2) is 34.7 Å². The molecule has 96 valence electrons. The molecule has 0 aliphatic carbocycles. The Hall–Kier alpha value is -1.71. The van der Waals surface area contributed by atoms with Crippen molar-refractivity contribution >= 4 is 40.0 Å². The zero-order valence-corrected chi connectivity index (χ0v) is 11.6. The first-order chi connectivity index (χ1) is 9.06. The summed E-state index contributed by atoms with van der Waals surface area (Å²) in [4.78, 5) is 4.39. The van der Waals surface area contributed by atoms with E-state index >= 15 is 0 Å². The van der Waals surface area contributed by atoms with Crippen molar-refractivity contribution in [1.82, 2.24) is 4.98 Å². The number of hydrogen-bond acceptors (Lipinski definition) is 3. The first kappa shape index (κ1) is 12.3. The van der Waals surface area contributed by atoms with E-state index in [2.05, 4.69) is 4.98 Å². The van der Waals surface area contributed by atoms with E-state index in [9.17, 15) is 0 Å². The number of nitrogens with two attached hydrogens (primary N) is 1. The topological polar surface area (TPSA) is 52.0 Å². The molecule has 2 aromatic carbocycles. The summed E-state index contributed by atoms with van der Waals surface area (Å²) in [6, 6.07) is 9.04. The van der Waals surface area contributed by atoms with Crippen LogP contribution in [0.1, 0.15) is 5.56 Å². The quantitative estimate of drug-likeness (QED) is 0.662. The summed E-state index contributed by atoms with van der Waals surface area (Å²) in [6.07, 6.45) is 0. The van der Waals surface area contributed by atoms with Gasteiger partial charge in [0.15, 0.2) is 5.58 Å². The number of anilines is 1. The number of fused-ring (bicyclic) bond motifs is 1. The first-order valence-corrected chi connectivity index (χ1v) is 6.43. The fourth-order valence-corrected chi connectivity index (χ4v) is 2.46. The van der Waals surface area contributed by atoms with Crippen molar-refractivity contribution in [3.63, 3.8) is 0 Å². The Morgan fingerprint density at radius 1 is 1.21 bits per heavy atom. The molecule has 0 fully saturated rings. The molecular formula is C14H10Cl2N2O. The second-order valence-electron chi connectivity index (χ2n) is 4.29. The lowest BCUT2D eigenvalue weighted by molar-refractivity contribution is 0.620. The molecule has 5 heteroatoms. The largest absolute Gasteiger partial charge is 0.434 e. The van der Waals surface area contributed by atoms with E-state index in [0.717, 1.165) is 11.1 Å². The van der Waals surface area contributed by atoms with Crippen molar-refractivity contribution < 1.29 is 4.42 Å². The molecule has 19 heavy (non-hydrogen) atoms. The third-order valence-corrected chi connectivity index (χ3v) is 3.46. The number of rotatable bonds is 1. The number of oxazole rings is 1. The third kappa shape index (κ3) is 2.05. The van der Waals surface area contributed by atoms with Gasteiger partial charge < -0.3 is 10.2 Å². The molecular weight excluding hydrogens is 283 g/mol. The molecule has 0 bridgehead atoms. The Morgan fingerprint density at radius 2 is 2.00 bits per heavy atom. The molecule has 2 N–H and O–H groups in total. The van der Waals surface area contributed by atoms with Crippen LogP contribution in [0, 0.1) is 6.92 Å². The highest BCUT2D eigenvalue weighted by Gasteiger charge is 2.14. The van der Waals surface area contributed by atoms with Crippen LogP contribution in [0.5, 0.6) is 0 Å². The number of hydrogen-bond donors (Lipinski definition) is 1.